The number of benzene rings is 2. The molecule has 0 amide bonds. The van der Waals surface area contributed by atoms with Gasteiger partial charge in [-0.2, -0.15) is 9.57 Å². The van der Waals surface area contributed by atoms with Crippen LogP contribution in [0.5, 0.6) is 0 Å². The largest absolute Gasteiger partial charge is 0.243 e. The highest BCUT2D eigenvalue weighted by molar-refractivity contribution is 7.89. The van der Waals surface area contributed by atoms with E-state index in [4.69, 9.17) is 0 Å². The maximum Gasteiger partial charge on any atom is 0.243 e. The van der Waals surface area contributed by atoms with Gasteiger partial charge in [0.25, 0.3) is 0 Å². The second kappa shape index (κ2) is 7.23. The van der Waals surface area contributed by atoms with E-state index in [0.29, 0.717) is 5.57 Å². The van der Waals surface area contributed by atoms with Gasteiger partial charge in [0.1, 0.15) is 0 Å². The Hall–Kier alpha value is -2.42. The molecule has 2 aromatic rings. The molecule has 0 aliphatic heterocycles. The van der Waals surface area contributed by atoms with Gasteiger partial charge in [0, 0.05) is 19.2 Å². The van der Waals surface area contributed by atoms with Crippen LogP contribution in [0, 0.1) is 18.3 Å². The van der Waals surface area contributed by atoms with Crippen molar-refractivity contribution in [3.8, 4) is 6.07 Å². The molecule has 118 valence electrons. The Labute approximate surface area is 137 Å². The third-order valence-electron chi connectivity index (χ3n) is 3.41. The average molecular weight is 326 g/mol. The quantitative estimate of drug-likeness (QED) is 0.793. The average Bonchev–Trinajstić information content (AvgIpc) is 2.55. The topological polar surface area (TPSA) is 61.2 Å². The zero-order valence-electron chi connectivity index (χ0n) is 13.1. The van der Waals surface area contributed by atoms with Crippen molar-refractivity contribution >= 4 is 16.1 Å². The Morgan fingerprint density at radius 1 is 1.13 bits per heavy atom. The molecule has 0 fully saturated rings. The minimum Gasteiger partial charge on any atom is -0.207 e. The van der Waals surface area contributed by atoms with E-state index in [0.717, 1.165) is 11.1 Å². The van der Waals surface area contributed by atoms with E-state index in [1.54, 1.807) is 30.3 Å². The molecule has 0 heterocycles. The van der Waals surface area contributed by atoms with Gasteiger partial charge >= 0.3 is 0 Å². The smallest absolute Gasteiger partial charge is 0.207 e. The van der Waals surface area contributed by atoms with Crippen molar-refractivity contribution in [1.29, 1.82) is 5.26 Å². The summed E-state index contributed by atoms with van der Waals surface area (Å²) in [5.74, 6) is 0. The van der Waals surface area contributed by atoms with Crippen molar-refractivity contribution in [3.63, 3.8) is 0 Å². The predicted molar refractivity (Wildman–Crippen MR) is 91.0 cm³/mol. The summed E-state index contributed by atoms with van der Waals surface area (Å²) in [6.45, 7) is 1.93. The molecule has 0 aliphatic rings. The minimum absolute atomic E-state index is 0.0294. The van der Waals surface area contributed by atoms with Gasteiger partial charge in [-0.1, -0.05) is 48.0 Å². The molecule has 0 spiro atoms. The van der Waals surface area contributed by atoms with Crippen LogP contribution >= 0.6 is 0 Å². The summed E-state index contributed by atoms with van der Waals surface area (Å²) < 4.78 is 26.3. The zero-order chi connectivity index (χ0) is 16.9. The summed E-state index contributed by atoms with van der Waals surface area (Å²) in [6.07, 6.45) is 1.70. The summed E-state index contributed by atoms with van der Waals surface area (Å²) in [7, 11) is -2.13. The Bertz CT molecular complexity index is 833. The molecule has 0 aromatic heterocycles. The first-order chi connectivity index (χ1) is 10.9. The van der Waals surface area contributed by atoms with Gasteiger partial charge in [0.05, 0.1) is 11.0 Å². The Morgan fingerprint density at radius 2 is 1.74 bits per heavy atom. The Kier molecular flexibility index (Phi) is 5.32. The number of hydrogen-bond donors (Lipinski definition) is 0. The summed E-state index contributed by atoms with van der Waals surface area (Å²) in [5, 5.41) is 9.27. The van der Waals surface area contributed by atoms with Gasteiger partial charge in [0.2, 0.25) is 10.0 Å². The van der Waals surface area contributed by atoms with E-state index in [-0.39, 0.29) is 11.4 Å². The van der Waals surface area contributed by atoms with Crippen molar-refractivity contribution in [2.45, 2.75) is 11.8 Å². The van der Waals surface area contributed by atoms with Crippen LogP contribution < -0.4 is 0 Å². The molecule has 4 nitrogen and oxygen atoms in total. The number of likely N-dealkylation sites (N-methyl/N-ethyl adjacent to an activating group) is 1. The Morgan fingerprint density at radius 3 is 2.30 bits per heavy atom. The highest BCUT2D eigenvalue weighted by Crippen LogP contribution is 2.17. The van der Waals surface area contributed by atoms with Crippen molar-refractivity contribution in [3.05, 3.63) is 71.3 Å². The lowest BCUT2D eigenvalue weighted by atomic mass is 10.1. The van der Waals surface area contributed by atoms with Crippen LogP contribution in [-0.2, 0) is 10.0 Å². The number of nitriles is 1. The molecule has 0 radical (unpaired) electrons. The fourth-order valence-electron chi connectivity index (χ4n) is 2.08. The minimum atomic E-state index is -3.61. The molecule has 0 bridgehead atoms. The van der Waals surface area contributed by atoms with Gasteiger partial charge in [0.15, 0.2) is 0 Å². The fraction of sp³-hybridized carbons (Fsp3) is 0.167. The van der Waals surface area contributed by atoms with Crippen molar-refractivity contribution in [1.82, 2.24) is 4.31 Å². The summed E-state index contributed by atoms with van der Waals surface area (Å²) in [5.41, 5.74) is 2.24. The lowest BCUT2D eigenvalue weighted by Crippen LogP contribution is -2.28. The molecule has 5 heteroatoms. The van der Waals surface area contributed by atoms with E-state index in [1.807, 2.05) is 37.3 Å². The van der Waals surface area contributed by atoms with E-state index < -0.39 is 10.0 Å². The highest BCUT2D eigenvalue weighted by atomic mass is 32.2. The number of hydrogen-bond acceptors (Lipinski definition) is 3. The van der Waals surface area contributed by atoms with E-state index in [2.05, 4.69) is 6.07 Å². The summed E-state index contributed by atoms with van der Waals surface area (Å²) in [6, 6.07) is 18.1. The van der Waals surface area contributed by atoms with Crippen LogP contribution in [0.2, 0.25) is 0 Å². The number of aryl methyl sites for hydroxylation is 1. The second-order valence-corrected chi connectivity index (χ2v) is 7.31. The van der Waals surface area contributed by atoms with Crippen LogP contribution in [0.4, 0.5) is 0 Å². The van der Waals surface area contributed by atoms with Gasteiger partial charge in [-0.05, 0) is 30.7 Å². The number of sulfonamides is 1. The molecule has 0 unspecified atom stereocenters. The van der Waals surface area contributed by atoms with Crippen LogP contribution in [-0.4, -0.2) is 26.3 Å². The maximum absolute atomic E-state index is 12.5. The molecule has 0 saturated carbocycles. The first-order valence-corrected chi connectivity index (χ1v) is 8.56. The van der Waals surface area contributed by atoms with Gasteiger partial charge in [-0.25, -0.2) is 8.42 Å². The lowest BCUT2D eigenvalue weighted by Gasteiger charge is -2.17. The van der Waals surface area contributed by atoms with Crippen molar-refractivity contribution in [2.75, 3.05) is 13.6 Å². The molecule has 0 N–H and O–H groups in total. The molecule has 0 saturated heterocycles. The molecule has 23 heavy (non-hydrogen) atoms. The lowest BCUT2D eigenvalue weighted by molar-refractivity contribution is 0.496. The summed E-state index contributed by atoms with van der Waals surface area (Å²) >= 11 is 0. The molecule has 0 atom stereocenters. The Balaban J connectivity index is 2.22. The third-order valence-corrected chi connectivity index (χ3v) is 5.22. The standard InChI is InChI=1S/C18H18N2O2S/c1-15-8-10-18(11-9-15)23(21,22)20(2)14-17(13-19)12-16-6-4-3-5-7-16/h3-12H,14H2,1-2H3/b17-12+. The normalized spacial score (nSPS) is 12.2. The number of rotatable bonds is 5. The van der Waals surface area contributed by atoms with E-state index >= 15 is 0 Å². The van der Waals surface area contributed by atoms with E-state index in [9.17, 15) is 13.7 Å². The molecule has 0 aliphatic carbocycles. The van der Waals surface area contributed by atoms with Gasteiger partial charge in [-0.3, -0.25) is 0 Å². The van der Waals surface area contributed by atoms with Crippen molar-refractivity contribution in [2.24, 2.45) is 0 Å². The SMILES string of the molecule is Cc1ccc(S(=O)(=O)N(C)C/C(C#N)=C/c2ccccc2)cc1. The van der Waals surface area contributed by atoms with Crippen LogP contribution in [0.3, 0.4) is 0 Å². The molecular formula is C18H18N2O2S. The van der Waals surface area contributed by atoms with Crippen LogP contribution in [0.25, 0.3) is 6.08 Å². The second-order valence-electron chi connectivity index (χ2n) is 5.27. The van der Waals surface area contributed by atoms with Crippen LogP contribution in [0.1, 0.15) is 11.1 Å². The molecular weight excluding hydrogens is 308 g/mol. The third kappa shape index (κ3) is 4.28. The fourth-order valence-corrected chi connectivity index (χ4v) is 3.23. The predicted octanol–water partition coefficient (Wildman–Crippen LogP) is 3.22. The first kappa shape index (κ1) is 16.9. The van der Waals surface area contributed by atoms with Gasteiger partial charge < -0.3 is 0 Å². The zero-order valence-corrected chi connectivity index (χ0v) is 13.9. The van der Waals surface area contributed by atoms with Gasteiger partial charge in [-0.15, -0.1) is 0 Å². The summed E-state index contributed by atoms with van der Waals surface area (Å²) in [4.78, 5) is 0.225. The molecule has 2 aromatic carbocycles. The first-order valence-electron chi connectivity index (χ1n) is 7.12. The monoisotopic (exact) mass is 326 g/mol. The molecule has 2 rings (SSSR count). The van der Waals surface area contributed by atoms with Crippen molar-refractivity contribution < 1.29 is 8.42 Å². The highest BCUT2D eigenvalue weighted by Gasteiger charge is 2.21. The number of nitrogens with zero attached hydrogens (tertiary/aromatic N) is 2. The maximum atomic E-state index is 12.5. The van der Waals surface area contributed by atoms with E-state index in [1.165, 1.54) is 11.4 Å². The van der Waals surface area contributed by atoms with Crippen LogP contribution in [0.15, 0.2) is 65.1 Å².